The molecule has 7 nitrogen and oxygen atoms in total. The zero-order valence-corrected chi connectivity index (χ0v) is 14.4. The Hall–Kier alpha value is -2.74. The van der Waals surface area contributed by atoms with Gasteiger partial charge in [0.25, 0.3) is 5.91 Å². The zero-order valence-electron chi connectivity index (χ0n) is 12.8. The number of fused-ring (bicyclic) bond motifs is 1. The maximum atomic E-state index is 12.4. The van der Waals surface area contributed by atoms with Gasteiger partial charge in [0.1, 0.15) is 11.0 Å². The minimum Gasteiger partial charge on any atom is -0.332 e. The summed E-state index contributed by atoms with van der Waals surface area (Å²) in [5.41, 5.74) is 2.40. The highest BCUT2D eigenvalue weighted by atomic mass is 79.9. The molecular formula is C16H14BrN5O2. The predicted molar refractivity (Wildman–Crippen MR) is 93.6 cm³/mol. The van der Waals surface area contributed by atoms with E-state index < -0.39 is 0 Å². The average molecular weight is 388 g/mol. The third kappa shape index (κ3) is 3.43. The van der Waals surface area contributed by atoms with Crippen LogP contribution in [-0.4, -0.2) is 45.7 Å². The molecule has 8 heteroatoms. The van der Waals surface area contributed by atoms with E-state index in [0.717, 1.165) is 4.47 Å². The number of hydrogen-bond acceptors (Lipinski definition) is 4. The van der Waals surface area contributed by atoms with Crippen LogP contribution >= 0.6 is 15.9 Å². The summed E-state index contributed by atoms with van der Waals surface area (Å²) in [6.45, 7) is -0.0585. The van der Waals surface area contributed by atoms with E-state index in [4.69, 9.17) is 0 Å². The van der Waals surface area contributed by atoms with Crippen LogP contribution in [0.3, 0.4) is 0 Å². The van der Waals surface area contributed by atoms with Crippen LogP contribution in [0.1, 0.15) is 10.4 Å². The van der Waals surface area contributed by atoms with Crippen molar-refractivity contribution >= 4 is 44.5 Å². The fourth-order valence-electron chi connectivity index (χ4n) is 2.23. The molecule has 0 aliphatic rings. The van der Waals surface area contributed by atoms with Crippen LogP contribution in [0.15, 0.2) is 46.9 Å². The van der Waals surface area contributed by atoms with Gasteiger partial charge in [0.2, 0.25) is 5.91 Å². The fraction of sp³-hybridized carbons (Fsp3) is 0.125. The second kappa shape index (κ2) is 6.79. The number of carbonyl (C=O) groups excluding carboxylic acids is 2. The van der Waals surface area contributed by atoms with Crippen molar-refractivity contribution in [3.63, 3.8) is 0 Å². The quantitative estimate of drug-likeness (QED) is 0.718. The Morgan fingerprint density at radius 2 is 1.92 bits per heavy atom. The summed E-state index contributed by atoms with van der Waals surface area (Å²) in [5.74, 6) is -0.539. The van der Waals surface area contributed by atoms with Crippen molar-refractivity contribution in [3.8, 4) is 0 Å². The number of nitrogens with zero attached hydrogens (tertiary/aromatic N) is 3. The standard InChI is InChI=1S/C16H14BrN5O2/c1-22(9-15(23)18-12-5-3-2-4-11(12)17)16(24)10-6-7-13-14(8-10)20-21-19-13/h2-8H,9H2,1H3,(H,18,23)(H,19,20,21). The molecule has 122 valence electrons. The number of hydrogen-bond donors (Lipinski definition) is 2. The number of rotatable bonds is 4. The topological polar surface area (TPSA) is 91.0 Å². The first-order valence-corrected chi connectivity index (χ1v) is 7.94. The van der Waals surface area contributed by atoms with Gasteiger partial charge in [-0.25, -0.2) is 0 Å². The molecule has 0 spiro atoms. The molecule has 0 fully saturated rings. The van der Waals surface area contributed by atoms with Crippen LogP contribution in [-0.2, 0) is 4.79 Å². The van der Waals surface area contributed by atoms with Crippen molar-refractivity contribution in [1.29, 1.82) is 0 Å². The lowest BCUT2D eigenvalue weighted by atomic mass is 10.2. The number of benzene rings is 2. The highest BCUT2D eigenvalue weighted by Gasteiger charge is 2.16. The second-order valence-electron chi connectivity index (χ2n) is 5.22. The van der Waals surface area contributed by atoms with Gasteiger partial charge < -0.3 is 10.2 Å². The van der Waals surface area contributed by atoms with Crippen molar-refractivity contribution < 1.29 is 9.59 Å². The molecule has 0 bridgehead atoms. The minimum atomic E-state index is -0.278. The van der Waals surface area contributed by atoms with Gasteiger partial charge in [0, 0.05) is 17.1 Å². The molecule has 3 rings (SSSR count). The van der Waals surface area contributed by atoms with Gasteiger partial charge in [-0.1, -0.05) is 12.1 Å². The lowest BCUT2D eigenvalue weighted by Crippen LogP contribution is -2.35. The van der Waals surface area contributed by atoms with Gasteiger partial charge in [-0.2, -0.15) is 15.4 Å². The molecule has 2 N–H and O–H groups in total. The lowest BCUT2D eigenvalue weighted by Gasteiger charge is -2.17. The van der Waals surface area contributed by atoms with E-state index in [-0.39, 0.29) is 18.4 Å². The Morgan fingerprint density at radius 1 is 1.17 bits per heavy atom. The monoisotopic (exact) mass is 387 g/mol. The summed E-state index contributed by atoms with van der Waals surface area (Å²) in [4.78, 5) is 25.9. The highest BCUT2D eigenvalue weighted by molar-refractivity contribution is 9.10. The van der Waals surface area contributed by atoms with E-state index in [2.05, 4.69) is 36.7 Å². The largest absolute Gasteiger partial charge is 0.332 e. The van der Waals surface area contributed by atoms with Crippen molar-refractivity contribution in [2.75, 3.05) is 18.9 Å². The van der Waals surface area contributed by atoms with E-state index >= 15 is 0 Å². The molecule has 0 aliphatic heterocycles. The number of amides is 2. The van der Waals surface area contributed by atoms with Crippen molar-refractivity contribution in [1.82, 2.24) is 20.3 Å². The average Bonchev–Trinajstić information content (AvgIpc) is 3.03. The van der Waals surface area contributed by atoms with Crippen LogP contribution in [0.2, 0.25) is 0 Å². The molecule has 24 heavy (non-hydrogen) atoms. The zero-order chi connectivity index (χ0) is 17.1. The highest BCUT2D eigenvalue weighted by Crippen LogP contribution is 2.21. The number of halogens is 1. The van der Waals surface area contributed by atoms with E-state index in [9.17, 15) is 9.59 Å². The number of para-hydroxylation sites is 1. The number of aromatic amines is 1. The van der Waals surface area contributed by atoms with Crippen LogP contribution in [0.5, 0.6) is 0 Å². The van der Waals surface area contributed by atoms with E-state index in [0.29, 0.717) is 22.3 Å². The maximum Gasteiger partial charge on any atom is 0.254 e. The van der Waals surface area contributed by atoms with Crippen LogP contribution in [0, 0.1) is 0 Å². The summed E-state index contributed by atoms with van der Waals surface area (Å²) >= 11 is 3.36. The summed E-state index contributed by atoms with van der Waals surface area (Å²) in [6.07, 6.45) is 0. The molecular weight excluding hydrogens is 374 g/mol. The van der Waals surface area contributed by atoms with Gasteiger partial charge in [0.05, 0.1) is 12.2 Å². The van der Waals surface area contributed by atoms with E-state index in [1.807, 2.05) is 18.2 Å². The minimum absolute atomic E-state index is 0.0585. The molecule has 2 amide bonds. The lowest BCUT2D eigenvalue weighted by molar-refractivity contribution is -0.116. The summed E-state index contributed by atoms with van der Waals surface area (Å²) < 4.78 is 0.781. The molecule has 0 saturated carbocycles. The third-order valence-electron chi connectivity index (χ3n) is 3.44. The van der Waals surface area contributed by atoms with Crippen LogP contribution in [0.25, 0.3) is 11.0 Å². The molecule has 1 heterocycles. The Labute approximate surface area is 146 Å². The van der Waals surface area contributed by atoms with Crippen molar-refractivity contribution in [2.45, 2.75) is 0 Å². The van der Waals surface area contributed by atoms with E-state index in [1.165, 1.54) is 4.90 Å². The van der Waals surface area contributed by atoms with Gasteiger partial charge in [-0.05, 0) is 46.3 Å². The number of aromatic nitrogens is 3. The first kappa shape index (κ1) is 16.1. The Bertz CT molecular complexity index is 908. The van der Waals surface area contributed by atoms with Crippen LogP contribution < -0.4 is 5.32 Å². The number of carbonyl (C=O) groups is 2. The summed E-state index contributed by atoms with van der Waals surface area (Å²) in [7, 11) is 1.58. The number of nitrogens with one attached hydrogen (secondary N) is 2. The number of H-pyrrole nitrogens is 1. The van der Waals surface area contributed by atoms with Gasteiger partial charge >= 0.3 is 0 Å². The Balaban J connectivity index is 1.67. The molecule has 2 aromatic carbocycles. The molecule has 3 aromatic rings. The van der Waals surface area contributed by atoms with Gasteiger partial charge in [0.15, 0.2) is 0 Å². The Morgan fingerprint density at radius 3 is 2.71 bits per heavy atom. The first-order valence-electron chi connectivity index (χ1n) is 7.15. The molecule has 0 unspecified atom stereocenters. The Kier molecular flexibility index (Phi) is 4.57. The van der Waals surface area contributed by atoms with Gasteiger partial charge in [-0.15, -0.1) is 0 Å². The second-order valence-corrected chi connectivity index (χ2v) is 6.07. The molecule has 0 aliphatic carbocycles. The summed E-state index contributed by atoms with van der Waals surface area (Å²) in [5, 5.41) is 13.2. The summed E-state index contributed by atoms with van der Waals surface area (Å²) in [6, 6.07) is 12.3. The molecule has 0 atom stereocenters. The van der Waals surface area contributed by atoms with E-state index in [1.54, 1.807) is 31.3 Å². The normalized spacial score (nSPS) is 10.6. The van der Waals surface area contributed by atoms with Gasteiger partial charge in [-0.3, -0.25) is 9.59 Å². The smallest absolute Gasteiger partial charge is 0.254 e. The van der Waals surface area contributed by atoms with Crippen molar-refractivity contribution in [2.24, 2.45) is 0 Å². The molecule has 0 radical (unpaired) electrons. The third-order valence-corrected chi connectivity index (χ3v) is 4.13. The number of anilines is 1. The van der Waals surface area contributed by atoms with Crippen molar-refractivity contribution in [3.05, 3.63) is 52.5 Å². The predicted octanol–water partition coefficient (Wildman–Crippen LogP) is 2.43. The number of likely N-dealkylation sites (N-methyl/N-ethyl adjacent to an activating group) is 1. The fourth-order valence-corrected chi connectivity index (χ4v) is 2.62. The maximum absolute atomic E-state index is 12.4. The molecule has 0 saturated heterocycles. The van der Waals surface area contributed by atoms with Crippen LogP contribution in [0.4, 0.5) is 5.69 Å². The molecule has 1 aromatic heterocycles. The first-order chi connectivity index (χ1) is 11.5. The SMILES string of the molecule is CN(CC(=O)Nc1ccccc1Br)C(=O)c1ccc2n[nH]nc2c1.